The van der Waals surface area contributed by atoms with Crippen LogP contribution < -0.4 is 0 Å². The second-order valence-electron chi connectivity index (χ2n) is 3.60. The molecule has 0 unspecified atom stereocenters. The molecule has 88 valence electrons. The average molecular weight is 350 g/mol. The molecule has 0 fully saturated rings. The maximum absolute atomic E-state index is 6.16. The lowest BCUT2D eigenvalue weighted by Crippen LogP contribution is -1.83. The predicted molar refractivity (Wildman–Crippen MR) is 79.5 cm³/mol. The average Bonchev–Trinajstić information content (AvgIpc) is 2.27. The van der Waals surface area contributed by atoms with Crippen LogP contribution in [-0.4, -0.2) is 0 Å². The van der Waals surface area contributed by atoms with E-state index in [2.05, 4.69) is 15.9 Å². The number of hydrogen-bond acceptors (Lipinski definition) is 0. The first-order valence-electron chi connectivity index (χ1n) is 4.91. The lowest BCUT2D eigenvalue weighted by Gasteiger charge is -2.06. The maximum Gasteiger partial charge on any atom is 0.0452 e. The Morgan fingerprint density at radius 3 is 2.00 bits per heavy atom. The summed E-state index contributed by atoms with van der Waals surface area (Å²) in [6.07, 6.45) is 0. The molecule has 0 nitrogen and oxygen atoms in total. The van der Waals surface area contributed by atoms with Gasteiger partial charge < -0.3 is 0 Å². The highest BCUT2D eigenvalue weighted by Gasteiger charge is 2.05. The third-order valence-electron chi connectivity index (χ3n) is 2.39. The normalized spacial score (nSPS) is 10.6. The van der Waals surface area contributed by atoms with Gasteiger partial charge in [-0.15, -0.1) is 0 Å². The Hall–Kier alpha value is -0.210. The molecule has 2 aromatic carbocycles. The van der Waals surface area contributed by atoms with Gasteiger partial charge in [-0.05, 0) is 41.0 Å². The largest absolute Gasteiger partial charge is 0.0876 e. The standard InChI is InChI=1S/C13H8BrCl3/c14-7-9-2-1-8(5-13(9)17)10-3-11(15)6-12(16)4-10/h1-6H,7H2. The van der Waals surface area contributed by atoms with Crippen molar-refractivity contribution in [2.75, 3.05) is 0 Å². The van der Waals surface area contributed by atoms with Crippen molar-refractivity contribution in [1.82, 2.24) is 0 Å². The minimum absolute atomic E-state index is 0.619. The van der Waals surface area contributed by atoms with Crippen LogP contribution in [0.4, 0.5) is 0 Å². The van der Waals surface area contributed by atoms with Crippen LogP contribution in [0.1, 0.15) is 5.56 Å². The lowest BCUT2D eigenvalue weighted by molar-refractivity contribution is 1.43. The van der Waals surface area contributed by atoms with Gasteiger partial charge >= 0.3 is 0 Å². The molecule has 0 N–H and O–H groups in total. The summed E-state index contributed by atoms with van der Waals surface area (Å²) in [6.45, 7) is 0. The minimum Gasteiger partial charge on any atom is -0.0876 e. The SMILES string of the molecule is Clc1cc(Cl)cc(-c2ccc(CBr)c(Cl)c2)c1. The Balaban J connectivity index is 2.49. The fourth-order valence-corrected chi connectivity index (χ4v) is 2.98. The summed E-state index contributed by atoms with van der Waals surface area (Å²) in [5.41, 5.74) is 3.03. The highest BCUT2D eigenvalue weighted by Crippen LogP contribution is 2.30. The summed E-state index contributed by atoms with van der Waals surface area (Å²) in [5.74, 6) is 0. The summed E-state index contributed by atoms with van der Waals surface area (Å²) in [7, 11) is 0. The third kappa shape index (κ3) is 3.17. The zero-order valence-electron chi connectivity index (χ0n) is 8.68. The van der Waals surface area contributed by atoms with E-state index in [0.29, 0.717) is 10.0 Å². The van der Waals surface area contributed by atoms with Gasteiger partial charge in [0, 0.05) is 20.4 Å². The first-order chi connectivity index (χ1) is 8.10. The van der Waals surface area contributed by atoms with Crippen LogP contribution >= 0.6 is 50.7 Å². The van der Waals surface area contributed by atoms with Gasteiger partial charge in [-0.3, -0.25) is 0 Å². The van der Waals surface area contributed by atoms with E-state index in [1.807, 2.05) is 30.3 Å². The number of benzene rings is 2. The second-order valence-corrected chi connectivity index (χ2v) is 5.44. The van der Waals surface area contributed by atoms with Gasteiger partial charge in [0.25, 0.3) is 0 Å². The highest BCUT2D eigenvalue weighted by atomic mass is 79.9. The first kappa shape index (κ1) is 13.2. The Morgan fingerprint density at radius 2 is 1.47 bits per heavy atom. The van der Waals surface area contributed by atoms with E-state index >= 15 is 0 Å². The van der Waals surface area contributed by atoms with Crippen molar-refractivity contribution >= 4 is 50.7 Å². The van der Waals surface area contributed by atoms with Crippen molar-refractivity contribution in [3.05, 3.63) is 57.0 Å². The Bertz CT molecular complexity index is 532. The topological polar surface area (TPSA) is 0 Å². The van der Waals surface area contributed by atoms with E-state index in [9.17, 15) is 0 Å². The molecule has 0 spiro atoms. The number of hydrogen-bond donors (Lipinski definition) is 0. The van der Waals surface area contributed by atoms with E-state index in [4.69, 9.17) is 34.8 Å². The van der Waals surface area contributed by atoms with E-state index < -0.39 is 0 Å². The number of halogens is 4. The van der Waals surface area contributed by atoms with Crippen molar-refractivity contribution in [2.24, 2.45) is 0 Å². The van der Waals surface area contributed by atoms with Crippen molar-refractivity contribution < 1.29 is 0 Å². The van der Waals surface area contributed by atoms with E-state index in [1.165, 1.54) is 0 Å². The summed E-state index contributed by atoms with van der Waals surface area (Å²) in [4.78, 5) is 0. The summed E-state index contributed by atoms with van der Waals surface area (Å²) in [6, 6.07) is 11.4. The van der Waals surface area contributed by atoms with Crippen molar-refractivity contribution in [1.29, 1.82) is 0 Å². The molecular formula is C13H8BrCl3. The van der Waals surface area contributed by atoms with Gasteiger partial charge in [-0.25, -0.2) is 0 Å². The van der Waals surface area contributed by atoms with Gasteiger partial charge in [-0.1, -0.05) is 62.9 Å². The van der Waals surface area contributed by atoms with Crippen LogP contribution in [0.2, 0.25) is 15.1 Å². The molecule has 0 saturated heterocycles. The summed E-state index contributed by atoms with van der Waals surface area (Å²) < 4.78 is 0. The molecule has 17 heavy (non-hydrogen) atoms. The Morgan fingerprint density at radius 1 is 0.824 bits per heavy atom. The monoisotopic (exact) mass is 348 g/mol. The van der Waals surface area contributed by atoms with Crippen molar-refractivity contribution in [3.8, 4) is 11.1 Å². The molecule has 0 bridgehead atoms. The second kappa shape index (κ2) is 5.62. The molecule has 0 saturated carbocycles. The Kier molecular flexibility index (Phi) is 4.37. The maximum atomic E-state index is 6.16. The minimum atomic E-state index is 0.619. The lowest BCUT2D eigenvalue weighted by atomic mass is 10.0. The van der Waals surface area contributed by atoms with Crippen LogP contribution in [-0.2, 0) is 5.33 Å². The van der Waals surface area contributed by atoms with E-state index in [1.54, 1.807) is 6.07 Å². The number of rotatable bonds is 2. The molecule has 0 atom stereocenters. The van der Waals surface area contributed by atoms with Crippen molar-refractivity contribution in [2.45, 2.75) is 5.33 Å². The molecule has 0 aliphatic heterocycles. The van der Waals surface area contributed by atoms with Crippen LogP contribution in [0.15, 0.2) is 36.4 Å². The molecule has 0 amide bonds. The molecule has 0 heterocycles. The van der Waals surface area contributed by atoms with Crippen LogP contribution in [0, 0.1) is 0 Å². The van der Waals surface area contributed by atoms with E-state index in [0.717, 1.165) is 27.0 Å². The van der Waals surface area contributed by atoms with Gasteiger partial charge in [0.2, 0.25) is 0 Å². The fraction of sp³-hybridized carbons (Fsp3) is 0.0769. The molecule has 2 rings (SSSR count). The van der Waals surface area contributed by atoms with Crippen LogP contribution in [0.3, 0.4) is 0 Å². The smallest absolute Gasteiger partial charge is 0.0452 e. The molecule has 0 aromatic heterocycles. The van der Waals surface area contributed by atoms with Gasteiger partial charge in [0.15, 0.2) is 0 Å². The van der Waals surface area contributed by atoms with Gasteiger partial charge in [0.05, 0.1) is 0 Å². The molecular weight excluding hydrogens is 342 g/mol. The molecule has 4 heteroatoms. The molecule has 0 aliphatic rings. The van der Waals surface area contributed by atoms with Crippen molar-refractivity contribution in [3.63, 3.8) is 0 Å². The predicted octanol–water partition coefficient (Wildman–Crippen LogP) is 6.21. The summed E-state index contributed by atoms with van der Waals surface area (Å²) in [5, 5.41) is 2.71. The van der Waals surface area contributed by atoms with Gasteiger partial charge in [-0.2, -0.15) is 0 Å². The van der Waals surface area contributed by atoms with E-state index in [-0.39, 0.29) is 0 Å². The van der Waals surface area contributed by atoms with Gasteiger partial charge in [0.1, 0.15) is 0 Å². The molecule has 0 aliphatic carbocycles. The quantitative estimate of drug-likeness (QED) is 0.565. The highest BCUT2D eigenvalue weighted by molar-refractivity contribution is 9.08. The van der Waals surface area contributed by atoms with Crippen LogP contribution in [0.25, 0.3) is 11.1 Å². The van der Waals surface area contributed by atoms with Crippen LogP contribution in [0.5, 0.6) is 0 Å². The fourth-order valence-electron chi connectivity index (χ4n) is 1.56. The number of alkyl halides is 1. The zero-order chi connectivity index (χ0) is 12.4. The summed E-state index contributed by atoms with van der Waals surface area (Å²) >= 11 is 21.5. The Labute approximate surface area is 124 Å². The molecule has 0 radical (unpaired) electrons. The zero-order valence-corrected chi connectivity index (χ0v) is 12.5. The third-order valence-corrected chi connectivity index (χ3v) is 3.79. The molecule has 2 aromatic rings. The first-order valence-corrected chi connectivity index (χ1v) is 7.16.